The summed E-state index contributed by atoms with van der Waals surface area (Å²) in [6, 6.07) is 8.44. The topological polar surface area (TPSA) is 46.2 Å². The Balaban J connectivity index is 2.34. The highest BCUT2D eigenvalue weighted by Crippen LogP contribution is 2.11. The summed E-state index contributed by atoms with van der Waals surface area (Å²) in [4.78, 5) is 0. The lowest BCUT2D eigenvalue weighted by atomic mass is 10.1. The number of halogens is 1. The van der Waals surface area contributed by atoms with Gasteiger partial charge in [-0.2, -0.15) is 0 Å². The smallest absolute Gasteiger partial charge is 0.148 e. The molecule has 0 aromatic heterocycles. The maximum atomic E-state index is 11.0. The molecule has 1 atom stereocenters. The molecule has 0 fully saturated rings. The van der Waals surface area contributed by atoms with Gasteiger partial charge in [0.05, 0.1) is 5.75 Å². The predicted molar refractivity (Wildman–Crippen MR) is 75.0 cm³/mol. The molecule has 0 saturated heterocycles. The summed E-state index contributed by atoms with van der Waals surface area (Å²) in [7, 11) is -2.87. The number of hydrogen-bond acceptors (Lipinski definition) is 3. The molecular weight excluding hydrogens is 302 g/mol. The minimum atomic E-state index is -2.87. The Hall–Kier alpha value is -0.390. The average Bonchev–Trinajstić information content (AvgIpc) is 2.19. The average molecular weight is 320 g/mol. The fourth-order valence-corrected chi connectivity index (χ4v) is 2.29. The second-order valence-corrected chi connectivity index (χ2v) is 7.49. The minimum Gasteiger partial charge on any atom is -0.313 e. The number of hydrogen-bond donors (Lipinski definition) is 1. The fraction of sp³-hybridized carbons (Fsp3) is 0.500. The van der Waals surface area contributed by atoms with Gasteiger partial charge < -0.3 is 5.32 Å². The van der Waals surface area contributed by atoms with Gasteiger partial charge in [0.15, 0.2) is 0 Å². The molecule has 1 aromatic rings. The Morgan fingerprint density at radius 2 is 1.88 bits per heavy atom. The van der Waals surface area contributed by atoms with Crippen LogP contribution in [0.15, 0.2) is 28.7 Å². The molecule has 1 rings (SSSR count). The Morgan fingerprint density at radius 1 is 1.29 bits per heavy atom. The Morgan fingerprint density at radius 3 is 2.41 bits per heavy atom. The molecule has 1 N–H and O–H groups in total. The van der Waals surface area contributed by atoms with Crippen LogP contribution in [0, 0.1) is 0 Å². The third-order valence-corrected chi connectivity index (χ3v) is 3.90. The van der Waals surface area contributed by atoms with E-state index in [0.717, 1.165) is 10.9 Å². The van der Waals surface area contributed by atoms with Gasteiger partial charge in [-0.3, -0.25) is 0 Å². The third kappa shape index (κ3) is 6.81. The maximum absolute atomic E-state index is 11.0. The molecule has 1 unspecified atom stereocenters. The first-order valence-corrected chi connectivity index (χ1v) is 8.38. The second kappa shape index (κ2) is 6.52. The molecule has 0 bridgehead atoms. The molecule has 0 aliphatic carbocycles. The van der Waals surface area contributed by atoms with E-state index in [1.54, 1.807) is 0 Å². The van der Waals surface area contributed by atoms with Crippen molar-refractivity contribution < 1.29 is 8.42 Å². The van der Waals surface area contributed by atoms with Crippen molar-refractivity contribution in [2.75, 3.05) is 18.6 Å². The number of benzene rings is 1. The Bertz CT molecular complexity index is 442. The summed E-state index contributed by atoms with van der Waals surface area (Å²) < 4.78 is 23.0. The van der Waals surface area contributed by atoms with Gasteiger partial charge in [-0.1, -0.05) is 28.1 Å². The molecule has 5 heteroatoms. The highest BCUT2D eigenvalue weighted by atomic mass is 79.9. The van der Waals surface area contributed by atoms with E-state index >= 15 is 0 Å². The van der Waals surface area contributed by atoms with Crippen molar-refractivity contribution in [2.24, 2.45) is 0 Å². The summed E-state index contributed by atoms with van der Waals surface area (Å²) in [5.41, 5.74) is 1.24. The van der Waals surface area contributed by atoms with Gasteiger partial charge >= 0.3 is 0 Å². The van der Waals surface area contributed by atoms with Crippen molar-refractivity contribution in [2.45, 2.75) is 19.4 Å². The van der Waals surface area contributed by atoms with Crippen molar-refractivity contribution in [3.05, 3.63) is 34.3 Å². The van der Waals surface area contributed by atoms with E-state index in [4.69, 9.17) is 0 Å². The summed E-state index contributed by atoms with van der Waals surface area (Å²) in [6.07, 6.45) is 2.16. The first-order valence-electron chi connectivity index (χ1n) is 5.52. The van der Waals surface area contributed by atoms with Crippen LogP contribution in [0.4, 0.5) is 0 Å². The van der Waals surface area contributed by atoms with Crippen LogP contribution >= 0.6 is 15.9 Å². The largest absolute Gasteiger partial charge is 0.313 e. The summed E-state index contributed by atoms with van der Waals surface area (Å²) in [5, 5.41) is 3.21. The zero-order chi connectivity index (χ0) is 12.9. The molecule has 96 valence electrons. The van der Waals surface area contributed by atoms with Crippen molar-refractivity contribution in [3.8, 4) is 0 Å². The van der Waals surface area contributed by atoms with Crippen LogP contribution in [0.5, 0.6) is 0 Å². The van der Waals surface area contributed by atoms with Crippen molar-refractivity contribution in [1.29, 1.82) is 0 Å². The van der Waals surface area contributed by atoms with Gasteiger partial charge in [-0.25, -0.2) is 8.42 Å². The zero-order valence-electron chi connectivity index (χ0n) is 10.1. The molecule has 3 nitrogen and oxygen atoms in total. The lowest BCUT2D eigenvalue weighted by Crippen LogP contribution is -2.32. The number of sulfone groups is 1. The zero-order valence-corrected chi connectivity index (χ0v) is 12.5. The Kier molecular flexibility index (Phi) is 5.62. The van der Waals surface area contributed by atoms with E-state index in [2.05, 4.69) is 40.3 Å². The van der Waals surface area contributed by atoms with Crippen LogP contribution in [0.1, 0.15) is 12.5 Å². The predicted octanol–water partition coefficient (Wildman–Crippen LogP) is 2.01. The van der Waals surface area contributed by atoms with Crippen LogP contribution in [0.3, 0.4) is 0 Å². The molecule has 0 aliphatic rings. The van der Waals surface area contributed by atoms with E-state index in [9.17, 15) is 8.42 Å². The first-order chi connectivity index (χ1) is 7.87. The van der Waals surface area contributed by atoms with Gasteiger partial charge in [0.1, 0.15) is 9.84 Å². The summed E-state index contributed by atoms with van der Waals surface area (Å²) in [6.45, 7) is 2.57. The molecule has 0 saturated carbocycles. The van der Waals surface area contributed by atoms with Gasteiger partial charge in [-0.15, -0.1) is 0 Å². The quantitative estimate of drug-likeness (QED) is 0.872. The van der Waals surface area contributed by atoms with Crippen LogP contribution in [0.25, 0.3) is 0 Å². The van der Waals surface area contributed by atoms with Gasteiger partial charge in [0, 0.05) is 23.3 Å². The standard InChI is InChI=1S/C12H18BrNO2S/c1-10(14-7-8-17(2,15)16)9-11-3-5-12(13)6-4-11/h3-6,10,14H,7-9H2,1-2H3. The molecular formula is C12H18BrNO2S. The normalized spacial score (nSPS) is 13.6. The van der Waals surface area contributed by atoms with E-state index in [0.29, 0.717) is 6.54 Å². The van der Waals surface area contributed by atoms with Crippen molar-refractivity contribution in [1.82, 2.24) is 5.32 Å². The fourth-order valence-electron chi connectivity index (χ4n) is 1.54. The van der Waals surface area contributed by atoms with E-state index in [-0.39, 0.29) is 11.8 Å². The lowest BCUT2D eigenvalue weighted by Gasteiger charge is -2.13. The van der Waals surface area contributed by atoms with Crippen LogP contribution < -0.4 is 5.32 Å². The SMILES string of the molecule is CC(Cc1ccc(Br)cc1)NCCS(C)(=O)=O. The minimum absolute atomic E-state index is 0.192. The highest BCUT2D eigenvalue weighted by molar-refractivity contribution is 9.10. The van der Waals surface area contributed by atoms with Gasteiger partial charge in [0.2, 0.25) is 0 Å². The lowest BCUT2D eigenvalue weighted by molar-refractivity contribution is 0.556. The molecule has 0 amide bonds. The second-order valence-electron chi connectivity index (χ2n) is 4.32. The van der Waals surface area contributed by atoms with Crippen LogP contribution in [-0.4, -0.2) is 33.0 Å². The molecule has 0 heterocycles. The molecule has 17 heavy (non-hydrogen) atoms. The third-order valence-electron chi connectivity index (χ3n) is 2.42. The van der Waals surface area contributed by atoms with Crippen LogP contribution in [-0.2, 0) is 16.3 Å². The van der Waals surface area contributed by atoms with Crippen molar-refractivity contribution in [3.63, 3.8) is 0 Å². The number of rotatable bonds is 6. The Labute approximate surface area is 112 Å². The summed E-state index contributed by atoms with van der Waals surface area (Å²) in [5.74, 6) is 0.192. The van der Waals surface area contributed by atoms with Gasteiger partial charge in [0.25, 0.3) is 0 Å². The molecule has 0 aliphatic heterocycles. The van der Waals surface area contributed by atoms with Crippen LogP contribution in [0.2, 0.25) is 0 Å². The van der Waals surface area contributed by atoms with E-state index in [1.165, 1.54) is 11.8 Å². The van der Waals surface area contributed by atoms with E-state index in [1.807, 2.05) is 12.1 Å². The molecule has 0 spiro atoms. The number of nitrogens with one attached hydrogen (secondary N) is 1. The van der Waals surface area contributed by atoms with Crippen molar-refractivity contribution >= 4 is 25.8 Å². The molecule has 0 radical (unpaired) electrons. The molecule has 1 aromatic carbocycles. The first kappa shape index (κ1) is 14.7. The monoisotopic (exact) mass is 319 g/mol. The summed E-state index contributed by atoms with van der Waals surface area (Å²) >= 11 is 3.39. The highest BCUT2D eigenvalue weighted by Gasteiger charge is 2.05. The maximum Gasteiger partial charge on any atom is 0.148 e. The van der Waals surface area contributed by atoms with Gasteiger partial charge in [-0.05, 0) is 31.0 Å². The van der Waals surface area contributed by atoms with E-state index < -0.39 is 9.84 Å².